The second-order valence-corrected chi connectivity index (χ2v) is 4.44. The van der Waals surface area contributed by atoms with E-state index in [9.17, 15) is 0 Å². The van der Waals surface area contributed by atoms with Gasteiger partial charge in [-0.1, -0.05) is 39.7 Å². The van der Waals surface area contributed by atoms with Gasteiger partial charge in [0.15, 0.2) is 0 Å². The fourth-order valence-electron chi connectivity index (χ4n) is 2.46. The van der Waals surface area contributed by atoms with E-state index < -0.39 is 0 Å². The minimum absolute atomic E-state index is 0.152. The summed E-state index contributed by atoms with van der Waals surface area (Å²) in [5.74, 6) is 0. The maximum atomic E-state index is 6.04. The predicted octanol–water partition coefficient (Wildman–Crippen LogP) is 3.57. The first-order valence-corrected chi connectivity index (χ1v) is 6.53. The summed E-state index contributed by atoms with van der Waals surface area (Å²) in [6, 6.07) is 0. The average molecular weight is 224 g/mol. The van der Waals surface area contributed by atoms with Crippen LogP contribution in [0.5, 0.6) is 0 Å². The van der Waals surface area contributed by atoms with E-state index in [-0.39, 0.29) is 5.41 Å². The molecule has 0 atom stereocenters. The SMILES string of the molecule is CC/C=C(\C=NC)C(CN)(CCC)CCC. The Bertz CT molecular complexity index is 223. The van der Waals surface area contributed by atoms with Gasteiger partial charge in [-0.2, -0.15) is 0 Å². The normalized spacial score (nSPS) is 13.7. The van der Waals surface area contributed by atoms with Crippen molar-refractivity contribution in [3.05, 3.63) is 11.6 Å². The lowest BCUT2D eigenvalue weighted by Gasteiger charge is -2.33. The van der Waals surface area contributed by atoms with Crippen LogP contribution in [0.15, 0.2) is 16.6 Å². The first kappa shape index (κ1) is 15.4. The monoisotopic (exact) mass is 224 g/mol. The van der Waals surface area contributed by atoms with Gasteiger partial charge in [-0.05, 0) is 24.8 Å². The number of rotatable bonds is 8. The van der Waals surface area contributed by atoms with Crippen LogP contribution >= 0.6 is 0 Å². The van der Waals surface area contributed by atoms with Crippen molar-refractivity contribution in [3.8, 4) is 0 Å². The molecule has 0 fully saturated rings. The molecule has 0 radical (unpaired) electrons. The van der Waals surface area contributed by atoms with Crippen molar-refractivity contribution in [2.45, 2.75) is 52.9 Å². The lowest BCUT2D eigenvalue weighted by Crippen LogP contribution is -2.33. The van der Waals surface area contributed by atoms with Crippen LogP contribution in [0.4, 0.5) is 0 Å². The van der Waals surface area contributed by atoms with Crippen molar-refractivity contribution >= 4 is 6.21 Å². The third-order valence-corrected chi connectivity index (χ3v) is 3.15. The highest BCUT2D eigenvalue weighted by Gasteiger charge is 2.29. The Hall–Kier alpha value is -0.630. The van der Waals surface area contributed by atoms with Crippen LogP contribution < -0.4 is 5.73 Å². The van der Waals surface area contributed by atoms with Gasteiger partial charge < -0.3 is 5.73 Å². The molecule has 16 heavy (non-hydrogen) atoms. The molecule has 0 saturated carbocycles. The highest BCUT2D eigenvalue weighted by atomic mass is 14.7. The van der Waals surface area contributed by atoms with E-state index in [2.05, 4.69) is 31.8 Å². The molecule has 2 N–H and O–H groups in total. The summed E-state index contributed by atoms with van der Waals surface area (Å²) in [6.45, 7) is 7.36. The van der Waals surface area contributed by atoms with Gasteiger partial charge >= 0.3 is 0 Å². The zero-order valence-electron chi connectivity index (χ0n) is 11.4. The Labute approximate surface area is 101 Å². The molecule has 0 aliphatic rings. The van der Waals surface area contributed by atoms with E-state index >= 15 is 0 Å². The molecule has 0 rings (SSSR count). The van der Waals surface area contributed by atoms with E-state index in [1.54, 1.807) is 0 Å². The van der Waals surface area contributed by atoms with Crippen molar-refractivity contribution in [3.63, 3.8) is 0 Å². The predicted molar refractivity (Wildman–Crippen MR) is 74.1 cm³/mol. The van der Waals surface area contributed by atoms with Crippen LogP contribution in [0.1, 0.15) is 52.9 Å². The van der Waals surface area contributed by atoms with E-state index in [1.807, 2.05) is 13.3 Å². The Kier molecular flexibility index (Phi) is 8.18. The molecule has 0 aromatic carbocycles. The molecule has 94 valence electrons. The number of hydrogen-bond acceptors (Lipinski definition) is 2. The molecule has 2 nitrogen and oxygen atoms in total. The number of nitrogens with zero attached hydrogens (tertiary/aromatic N) is 1. The number of hydrogen-bond donors (Lipinski definition) is 1. The van der Waals surface area contributed by atoms with Gasteiger partial charge in [-0.25, -0.2) is 0 Å². The average Bonchev–Trinajstić information content (AvgIpc) is 2.28. The number of allylic oxidation sites excluding steroid dienone is 1. The van der Waals surface area contributed by atoms with Gasteiger partial charge in [0.05, 0.1) is 0 Å². The van der Waals surface area contributed by atoms with Crippen molar-refractivity contribution in [1.82, 2.24) is 0 Å². The molecule has 0 amide bonds. The Morgan fingerprint density at radius 3 is 2.06 bits per heavy atom. The lowest BCUT2D eigenvalue weighted by atomic mass is 9.73. The van der Waals surface area contributed by atoms with Gasteiger partial charge in [0.2, 0.25) is 0 Å². The van der Waals surface area contributed by atoms with Gasteiger partial charge in [-0.15, -0.1) is 0 Å². The summed E-state index contributed by atoms with van der Waals surface area (Å²) in [5.41, 5.74) is 7.53. The third-order valence-electron chi connectivity index (χ3n) is 3.15. The van der Waals surface area contributed by atoms with Crippen molar-refractivity contribution < 1.29 is 0 Å². The molecule has 0 aliphatic carbocycles. The maximum absolute atomic E-state index is 6.04. The topological polar surface area (TPSA) is 38.4 Å². The van der Waals surface area contributed by atoms with Gasteiger partial charge in [0.1, 0.15) is 0 Å². The zero-order valence-corrected chi connectivity index (χ0v) is 11.4. The molecule has 0 aliphatic heterocycles. The largest absolute Gasteiger partial charge is 0.330 e. The van der Waals surface area contributed by atoms with Crippen molar-refractivity contribution in [2.75, 3.05) is 13.6 Å². The molecule has 0 bridgehead atoms. The first-order chi connectivity index (χ1) is 7.70. The smallest absolute Gasteiger partial charge is 0.0277 e. The van der Waals surface area contributed by atoms with Crippen LogP contribution in [0.2, 0.25) is 0 Å². The molecule has 0 unspecified atom stereocenters. The van der Waals surface area contributed by atoms with Crippen molar-refractivity contribution in [2.24, 2.45) is 16.1 Å². The van der Waals surface area contributed by atoms with Gasteiger partial charge in [-0.3, -0.25) is 4.99 Å². The highest BCUT2D eigenvalue weighted by Crippen LogP contribution is 2.36. The second-order valence-electron chi connectivity index (χ2n) is 4.44. The van der Waals surface area contributed by atoms with E-state index in [4.69, 9.17) is 5.73 Å². The third kappa shape index (κ3) is 4.09. The van der Waals surface area contributed by atoms with Crippen LogP contribution in [-0.4, -0.2) is 19.8 Å². The Morgan fingerprint density at radius 2 is 1.75 bits per heavy atom. The molecule has 0 heterocycles. The van der Waals surface area contributed by atoms with E-state index in [0.717, 1.165) is 25.8 Å². The number of nitrogens with two attached hydrogens (primary N) is 1. The summed E-state index contributed by atoms with van der Waals surface area (Å²) in [4.78, 5) is 4.18. The Balaban J connectivity index is 5.14. The first-order valence-electron chi connectivity index (χ1n) is 6.53. The zero-order chi connectivity index (χ0) is 12.4. The van der Waals surface area contributed by atoms with Crippen LogP contribution in [0.25, 0.3) is 0 Å². The van der Waals surface area contributed by atoms with Gasteiger partial charge in [0.25, 0.3) is 0 Å². The Morgan fingerprint density at radius 1 is 1.19 bits per heavy atom. The van der Waals surface area contributed by atoms with E-state index in [0.29, 0.717) is 0 Å². The molecule has 0 aromatic rings. The van der Waals surface area contributed by atoms with Crippen LogP contribution in [0, 0.1) is 5.41 Å². The lowest BCUT2D eigenvalue weighted by molar-refractivity contribution is 0.315. The quantitative estimate of drug-likeness (QED) is 0.629. The molecular formula is C14H28N2. The standard InChI is InChI=1S/C14H28N2/c1-5-8-13(11-16-4)14(12-15,9-6-2)10-7-3/h8,11H,5-7,9-10,12,15H2,1-4H3/b13-8+,16-11?. The minimum atomic E-state index is 0.152. The highest BCUT2D eigenvalue weighted by molar-refractivity contribution is 5.80. The molecular weight excluding hydrogens is 196 g/mol. The number of aliphatic imine (C=N–C) groups is 1. The molecule has 0 saturated heterocycles. The maximum Gasteiger partial charge on any atom is 0.0277 e. The second kappa shape index (κ2) is 8.51. The minimum Gasteiger partial charge on any atom is -0.330 e. The summed E-state index contributed by atoms with van der Waals surface area (Å²) in [5, 5.41) is 0. The summed E-state index contributed by atoms with van der Waals surface area (Å²) in [6.07, 6.45) is 10.0. The van der Waals surface area contributed by atoms with Crippen LogP contribution in [0.3, 0.4) is 0 Å². The summed E-state index contributed by atoms with van der Waals surface area (Å²) < 4.78 is 0. The summed E-state index contributed by atoms with van der Waals surface area (Å²) >= 11 is 0. The van der Waals surface area contributed by atoms with Crippen molar-refractivity contribution in [1.29, 1.82) is 0 Å². The van der Waals surface area contributed by atoms with Gasteiger partial charge in [0, 0.05) is 25.2 Å². The molecule has 2 heteroatoms. The van der Waals surface area contributed by atoms with Crippen LogP contribution in [-0.2, 0) is 0 Å². The van der Waals surface area contributed by atoms with E-state index in [1.165, 1.54) is 18.4 Å². The fraction of sp³-hybridized carbons (Fsp3) is 0.786. The molecule has 0 spiro atoms. The fourth-order valence-corrected chi connectivity index (χ4v) is 2.46. The summed E-state index contributed by atoms with van der Waals surface area (Å²) in [7, 11) is 1.84. The molecule has 0 aromatic heterocycles.